The maximum Gasteiger partial charge on any atom is 0.417 e. The minimum Gasteiger partial charge on any atom is -0.352 e. The number of hydrogen-bond donors (Lipinski definition) is 0. The fourth-order valence-corrected chi connectivity index (χ4v) is 4.18. The quantitative estimate of drug-likeness (QED) is 0.650. The molecule has 3 heterocycles. The van der Waals surface area contributed by atoms with Gasteiger partial charge in [-0.3, -0.25) is 19.3 Å². The van der Waals surface area contributed by atoms with E-state index in [1.165, 1.54) is 11.8 Å². The summed E-state index contributed by atoms with van der Waals surface area (Å²) in [4.78, 5) is 46.3. The largest absolute Gasteiger partial charge is 0.417 e. The van der Waals surface area contributed by atoms with E-state index in [0.29, 0.717) is 13.1 Å². The van der Waals surface area contributed by atoms with E-state index in [2.05, 4.69) is 4.98 Å². The van der Waals surface area contributed by atoms with Crippen molar-refractivity contribution < 1.29 is 27.6 Å². The summed E-state index contributed by atoms with van der Waals surface area (Å²) in [6, 6.07) is 6.24. The van der Waals surface area contributed by atoms with E-state index < -0.39 is 29.6 Å². The Morgan fingerprint density at radius 2 is 1.62 bits per heavy atom. The lowest BCUT2D eigenvalue weighted by molar-refractivity contribution is -0.138. The number of amides is 3. The SMILES string of the molecule is CC(C(=O)N1CCN(c2ncc(C(F)(F)F)cc2Cl)CC1)N1C(=O)c2ccccc2C1=O. The highest BCUT2D eigenvalue weighted by Gasteiger charge is 2.42. The summed E-state index contributed by atoms with van der Waals surface area (Å²) in [5, 5.41) is -0.126. The molecule has 32 heavy (non-hydrogen) atoms. The minimum absolute atomic E-state index is 0.126. The van der Waals surface area contributed by atoms with Gasteiger partial charge < -0.3 is 9.80 Å². The number of benzene rings is 1. The van der Waals surface area contributed by atoms with Crippen LogP contribution in [0.3, 0.4) is 0 Å². The third kappa shape index (κ3) is 3.79. The van der Waals surface area contributed by atoms with Gasteiger partial charge in [0, 0.05) is 32.4 Å². The second-order valence-corrected chi connectivity index (χ2v) is 7.95. The average Bonchev–Trinajstić information content (AvgIpc) is 3.02. The Kier molecular flexibility index (Phi) is 5.58. The topological polar surface area (TPSA) is 73.8 Å². The Bertz CT molecular complexity index is 1060. The van der Waals surface area contributed by atoms with E-state index in [1.807, 2.05) is 0 Å². The van der Waals surface area contributed by atoms with Crippen LogP contribution in [0.2, 0.25) is 5.02 Å². The molecular formula is C21H18ClF3N4O3. The number of halogens is 4. The second-order valence-electron chi connectivity index (χ2n) is 7.54. The van der Waals surface area contributed by atoms with E-state index in [9.17, 15) is 27.6 Å². The minimum atomic E-state index is -4.54. The molecule has 1 atom stereocenters. The van der Waals surface area contributed by atoms with Crippen LogP contribution in [0, 0.1) is 0 Å². The van der Waals surface area contributed by atoms with Crippen LogP contribution >= 0.6 is 11.6 Å². The Balaban J connectivity index is 1.42. The molecule has 1 aromatic heterocycles. The van der Waals surface area contributed by atoms with Crippen molar-refractivity contribution >= 4 is 35.1 Å². The van der Waals surface area contributed by atoms with Gasteiger partial charge in [-0.1, -0.05) is 23.7 Å². The van der Waals surface area contributed by atoms with Gasteiger partial charge in [-0.25, -0.2) is 4.98 Å². The maximum absolute atomic E-state index is 13.0. The molecule has 1 saturated heterocycles. The van der Waals surface area contributed by atoms with E-state index in [0.717, 1.165) is 17.2 Å². The van der Waals surface area contributed by atoms with Crippen molar-refractivity contribution in [2.75, 3.05) is 31.1 Å². The number of nitrogens with zero attached hydrogens (tertiary/aromatic N) is 4. The number of carbonyl (C=O) groups is 3. The molecule has 0 N–H and O–H groups in total. The average molecular weight is 467 g/mol. The third-order valence-electron chi connectivity index (χ3n) is 5.61. The molecule has 1 unspecified atom stereocenters. The lowest BCUT2D eigenvalue weighted by Gasteiger charge is -2.37. The highest BCUT2D eigenvalue weighted by atomic mass is 35.5. The zero-order valence-corrected chi connectivity index (χ0v) is 17.7. The highest BCUT2D eigenvalue weighted by Crippen LogP contribution is 2.34. The molecule has 0 radical (unpaired) electrons. The number of alkyl halides is 3. The van der Waals surface area contributed by atoms with Crippen molar-refractivity contribution in [1.82, 2.24) is 14.8 Å². The van der Waals surface area contributed by atoms with Gasteiger partial charge in [-0.05, 0) is 25.1 Å². The summed E-state index contributed by atoms with van der Waals surface area (Å²) in [5.41, 5.74) is -0.398. The number of rotatable bonds is 3. The zero-order valence-electron chi connectivity index (χ0n) is 16.9. The molecule has 7 nitrogen and oxygen atoms in total. The molecule has 2 aliphatic heterocycles. The maximum atomic E-state index is 13.0. The van der Waals surface area contributed by atoms with Crippen LogP contribution in [0.5, 0.6) is 0 Å². The first-order chi connectivity index (χ1) is 15.1. The third-order valence-corrected chi connectivity index (χ3v) is 5.89. The fourth-order valence-electron chi connectivity index (χ4n) is 3.89. The van der Waals surface area contributed by atoms with E-state index in [4.69, 9.17) is 11.6 Å². The lowest BCUT2D eigenvalue weighted by Crippen LogP contribution is -2.55. The zero-order chi connectivity index (χ0) is 23.2. The number of aromatic nitrogens is 1. The number of imide groups is 1. The van der Waals surface area contributed by atoms with Gasteiger partial charge in [-0.15, -0.1) is 0 Å². The summed E-state index contributed by atoms with van der Waals surface area (Å²) in [6.45, 7) is 2.57. The monoisotopic (exact) mass is 466 g/mol. The van der Waals surface area contributed by atoms with Gasteiger partial charge in [0.25, 0.3) is 11.8 Å². The Morgan fingerprint density at radius 3 is 2.12 bits per heavy atom. The molecule has 3 amide bonds. The molecular weight excluding hydrogens is 449 g/mol. The molecule has 2 aromatic rings. The van der Waals surface area contributed by atoms with Crippen LogP contribution in [0.4, 0.5) is 19.0 Å². The Hall–Kier alpha value is -3.14. The Morgan fingerprint density at radius 1 is 1.06 bits per heavy atom. The van der Waals surface area contributed by atoms with Crippen molar-refractivity contribution in [3.63, 3.8) is 0 Å². The van der Waals surface area contributed by atoms with Crippen molar-refractivity contribution in [2.24, 2.45) is 0 Å². The first-order valence-corrected chi connectivity index (χ1v) is 10.2. The van der Waals surface area contributed by atoms with E-state index >= 15 is 0 Å². The van der Waals surface area contributed by atoms with Gasteiger partial charge in [0.05, 0.1) is 21.7 Å². The smallest absolute Gasteiger partial charge is 0.352 e. The first kappa shape index (κ1) is 22.1. The van der Waals surface area contributed by atoms with Crippen LogP contribution in [-0.4, -0.2) is 64.7 Å². The number of pyridine rings is 1. The fraction of sp³-hybridized carbons (Fsp3) is 0.333. The van der Waals surface area contributed by atoms with Gasteiger partial charge >= 0.3 is 6.18 Å². The predicted octanol–water partition coefficient (Wildman–Crippen LogP) is 3.09. The molecule has 0 aliphatic carbocycles. The number of anilines is 1. The standard InChI is InChI=1S/C21H18ClF3N4O3/c1-12(29-19(31)14-4-2-3-5-15(14)20(29)32)18(30)28-8-6-27(7-9-28)17-16(22)10-13(11-26-17)21(23,24)25/h2-5,10-12H,6-9H2,1H3. The number of carbonyl (C=O) groups excluding carboxylic acids is 3. The molecule has 168 valence electrons. The van der Waals surface area contributed by atoms with E-state index in [-0.39, 0.29) is 41.0 Å². The number of piperazine rings is 1. The van der Waals surface area contributed by atoms with Gasteiger partial charge in [-0.2, -0.15) is 13.2 Å². The number of fused-ring (bicyclic) bond motifs is 1. The van der Waals surface area contributed by atoms with Gasteiger partial charge in [0.15, 0.2) is 0 Å². The molecule has 0 saturated carbocycles. The van der Waals surface area contributed by atoms with Crippen molar-refractivity contribution in [1.29, 1.82) is 0 Å². The van der Waals surface area contributed by atoms with E-state index in [1.54, 1.807) is 29.2 Å². The molecule has 11 heteroatoms. The van der Waals surface area contributed by atoms with Crippen LogP contribution < -0.4 is 4.90 Å². The predicted molar refractivity (Wildman–Crippen MR) is 109 cm³/mol. The van der Waals surface area contributed by atoms with Crippen LogP contribution in [-0.2, 0) is 11.0 Å². The van der Waals surface area contributed by atoms with Crippen LogP contribution in [0.15, 0.2) is 36.5 Å². The molecule has 1 fully saturated rings. The highest BCUT2D eigenvalue weighted by molar-refractivity contribution is 6.33. The number of hydrogen-bond acceptors (Lipinski definition) is 5. The lowest BCUT2D eigenvalue weighted by atomic mass is 10.1. The van der Waals surface area contributed by atoms with Crippen LogP contribution in [0.1, 0.15) is 33.2 Å². The second kappa shape index (κ2) is 8.09. The molecule has 0 bridgehead atoms. The van der Waals surface area contributed by atoms with Gasteiger partial charge in [0.1, 0.15) is 11.9 Å². The summed E-state index contributed by atoms with van der Waals surface area (Å²) in [7, 11) is 0. The first-order valence-electron chi connectivity index (χ1n) is 9.83. The molecule has 4 rings (SSSR count). The van der Waals surface area contributed by atoms with Crippen molar-refractivity contribution in [3.8, 4) is 0 Å². The summed E-state index contributed by atoms with van der Waals surface area (Å²) in [6.07, 6.45) is -3.82. The van der Waals surface area contributed by atoms with Crippen molar-refractivity contribution in [2.45, 2.75) is 19.1 Å². The molecule has 2 aliphatic rings. The molecule has 0 spiro atoms. The van der Waals surface area contributed by atoms with Crippen LogP contribution in [0.25, 0.3) is 0 Å². The Labute approximate surface area is 186 Å². The van der Waals surface area contributed by atoms with Crippen molar-refractivity contribution in [3.05, 3.63) is 58.2 Å². The summed E-state index contributed by atoms with van der Waals surface area (Å²) in [5.74, 6) is -1.19. The summed E-state index contributed by atoms with van der Waals surface area (Å²) >= 11 is 6.01. The molecule has 1 aromatic carbocycles. The van der Waals surface area contributed by atoms with Gasteiger partial charge in [0.2, 0.25) is 5.91 Å². The summed E-state index contributed by atoms with van der Waals surface area (Å²) < 4.78 is 38.5. The normalized spacial score (nSPS) is 17.6.